The van der Waals surface area contributed by atoms with Crippen molar-refractivity contribution in [3.05, 3.63) is 103 Å². The molecule has 40 heavy (non-hydrogen) atoms. The van der Waals surface area contributed by atoms with Crippen molar-refractivity contribution >= 4 is 41.7 Å². The number of benzene rings is 3. The van der Waals surface area contributed by atoms with Crippen LogP contribution in [0, 0.1) is 11.8 Å². The van der Waals surface area contributed by atoms with Gasteiger partial charge in [-0.1, -0.05) is 91.9 Å². The normalized spacial score (nSPS) is 13.4. The molecule has 0 aliphatic carbocycles. The summed E-state index contributed by atoms with van der Waals surface area (Å²) in [5, 5.41) is 3.09. The van der Waals surface area contributed by atoms with Gasteiger partial charge in [0.05, 0.1) is 24.7 Å². The lowest BCUT2D eigenvalue weighted by Gasteiger charge is -2.29. The van der Waals surface area contributed by atoms with Crippen LogP contribution in [0.15, 0.2) is 97.1 Å². The van der Waals surface area contributed by atoms with Crippen LogP contribution in [0.5, 0.6) is 0 Å². The Hall–Kier alpha value is -3.76. The van der Waals surface area contributed by atoms with Crippen LogP contribution in [0.25, 0.3) is 0 Å². The van der Waals surface area contributed by atoms with Gasteiger partial charge >= 0.3 is 17.9 Å². The van der Waals surface area contributed by atoms with Crippen LogP contribution >= 0.6 is 7.92 Å². The van der Waals surface area contributed by atoms with Crippen molar-refractivity contribution in [2.24, 2.45) is 11.8 Å². The zero-order chi connectivity index (χ0) is 28.9. The molecule has 0 N–H and O–H groups in total. The molecule has 3 rings (SSSR count). The van der Waals surface area contributed by atoms with E-state index in [4.69, 9.17) is 14.2 Å². The van der Waals surface area contributed by atoms with Gasteiger partial charge in [-0.2, -0.15) is 0 Å². The van der Waals surface area contributed by atoms with Crippen molar-refractivity contribution in [2.45, 2.75) is 40.2 Å². The summed E-state index contributed by atoms with van der Waals surface area (Å²) in [5.74, 6) is -2.36. The lowest BCUT2D eigenvalue weighted by Crippen LogP contribution is -2.37. The second kappa shape index (κ2) is 15.7. The smallest absolute Gasteiger partial charge is 0.339 e. The number of carbonyl (C=O) groups is 3. The van der Waals surface area contributed by atoms with Crippen molar-refractivity contribution in [3.63, 3.8) is 0 Å². The molecule has 3 aromatic carbocycles. The van der Waals surface area contributed by atoms with Crippen LogP contribution in [-0.4, -0.2) is 37.2 Å². The van der Waals surface area contributed by atoms with E-state index in [0.29, 0.717) is 12.0 Å². The lowest BCUT2D eigenvalue weighted by molar-refractivity contribution is -0.152. The summed E-state index contributed by atoms with van der Waals surface area (Å²) in [7, 11) is -1.05. The van der Waals surface area contributed by atoms with Crippen molar-refractivity contribution in [3.8, 4) is 0 Å². The van der Waals surface area contributed by atoms with Gasteiger partial charge in [0.25, 0.3) is 0 Å². The minimum Gasteiger partial charge on any atom is -0.466 e. The third-order valence-corrected chi connectivity index (χ3v) is 8.90. The van der Waals surface area contributed by atoms with E-state index < -0.39 is 37.9 Å². The molecule has 0 bridgehead atoms. The molecule has 0 heterocycles. The Labute approximate surface area is 238 Å². The molecular weight excluding hydrogens is 523 g/mol. The minimum atomic E-state index is -1.05. The van der Waals surface area contributed by atoms with Crippen LogP contribution in [0.1, 0.15) is 44.5 Å². The van der Waals surface area contributed by atoms with E-state index in [9.17, 15) is 14.4 Å². The average Bonchev–Trinajstić information content (AvgIpc) is 2.97. The molecule has 0 aromatic heterocycles. The third kappa shape index (κ3) is 8.37. The highest BCUT2D eigenvalue weighted by atomic mass is 31.1. The molecule has 6 nitrogen and oxygen atoms in total. The Kier molecular flexibility index (Phi) is 12.1. The van der Waals surface area contributed by atoms with Gasteiger partial charge < -0.3 is 14.2 Å². The summed E-state index contributed by atoms with van der Waals surface area (Å²) in [5.41, 5.74) is 0.455. The first-order valence-electron chi connectivity index (χ1n) is 13.6. The van der Waals surface area contributed by atoms with Crippen LogP contribution in [0.2, 0.25) is 0 Å². The van der Waals surface area contributed by atoms with Gasteiger partial charge in [-0.05, 0) is 63.0 Å². The summed E-state index contributed by atoms with van der Waals surface area (Å²) in [6.07, 6.45) is 2.67. The Morgan fingerprint density at radius 3 is 1.90 bits per heavy atom. The monoisotopic (exact) mass is 560 g/mol. The molecule has 3 aromatic rings. The molecule has 3 atom stereocenters. The van der Waals surface area contributed by atoms with E-state index in [1.165, 1.54) is 6.08 Å². The number of esters is 3. The molecule has 7 heteroatoms. The maximum absolute atomic E-state index is 13.8. The molecule has 0 aliphatic heterocycles. The second-order valence-electron chi connectivity index (χ2n) is 9.30. The molecule has 0 unspecified atom stereocenters. The first-order valence-corrected chi connectivity index (χ1v) is 14.9. The summed E-state index contributed by atoms with van der Waals surface area (Å²) in [6.45, 7) is 7.58. The number of ether oxygens (including phenoxy) is 3. The number of carbonyl (C=O) groups excluding carboxylic acids is 3. The second-order valence-corrected chi connectivity index (χ2v) is 11.5. The number of allylic oxidation sites excluding steroid dienone is 1. The van der Waals surface area contributed by atoms with Gasteiger partial charge in [0, 0.05) is 6.08 Å². The molecular formula is C33H37O6P. The first-order chi connectivity index (χ1) is 19.4. The van der Waals surface area contributed by atoms with Crippen molar-refractivity contribution in [1.29, 1.82) is 0 Å². The fraction of sp³-hybridized carbons (Fsp3) is 0.303. The van der Waals surface area contributed by atoms with Gasteiger partial charge in [-0.3, -0.25) is 4.79 Å². The van der Waals surface area contributed by atoms with E-state index in [0.717, 1.165) is 15.9 Å². The number of hydrogen-bond acceptors (Lipinski definition) is 6. The molecule has 0 radical (unpaired) electrons. The summed E-state index contributed by atoms with van der Waals surface area (Å²) in [6, 6.07) is 27.7. The maximum Gasteiger partial charge on any atom is 0.339 e. The zero-order valence-corrected chi connectivity index (χ0v) is 24.4. The number of hydrogen-bond donors (Lipinski definition) is 0. The molecule has 210 valence electrons. The predicted octanol–water partition coefficient (Wildman–Crippen LogP) is 5.31. The quantitative estimate of drug-likeness (QED) is 0.122. The average molecular weight is 561 g/mol. The van der Waals surface area contributed by atoms with E-state index >= 15 is 0 Å². The topological polar surface area (TPSA) is 78.9 Å². The van der Waals surface area contributed by atoms with Gasteiger partial charge in [-0.25, -0.2) is 9.59 Å². The molecule has 0 saturated carbocycles. The summed E-state index contributed by atoms with van der Waals surface area (Å²) in [4.78, 5) is 38.3. The van der Waals surface area contributed by atoms with Crippen LogP contribution in [0.3, 0.4) is 0 Å². The minimum absolute atomic E-state index is 0.224. The first kappa shape index (κ1) is 30.8. The Morgan fingerprint density at radius 1 is 0.775 bits per heavy atom. The summed E-state index contributed by atoms with van der Waals surface area (Å²) < 4.78 is 16.3. The number of rotatable bonds is 13. The van der Waals surface area contributed by atoms with E-state index in [1.54, 1.807) is 32.9 Å². The molecule has 0 fully saturated rings. The lowest BCUT2D eigenvalue weighted by atomic mass is 9.90. The van der Waals surface area contributed by atoms with Crippen LogP contribution < -0.4 is 15.9 Å². The van der Waals surface area contributed by atoms with Crippen molar-refractivity contribution in [1.82, 2.24) is 0 Å². The fourth-order valence-electron chi connectivity index (χ4n) is 4.43. The SMILES string of the molecule is CCOC(=O)/C=C/C[C@H](C)[C@@H](OC(=O)c1ccccc1P(c1ccccc1)c1ccccc1)[C@@H](C)C(=O)OCC. The predicted molar refractivity (Wildman–Crippen MR) is 160 cm³/mol. The molecule has 0 saturated heterocycles. The highest BCUT2D eigenvalue weighted by Crippen LogP contribution is 2.34. The summed E-state index contributed by atoms with van der Waals surface area (Å²) >= 11 is 0. The van der Waals surface area contributed by atoms with E-state index in [1.807, 2.05) is 61.5 Å². The Bertz CT molecular complexity index is 1230. The van der Waals surface area contributed by atoms with Crippen LogP contribution in [0.4, 0.5) is 0 Å². The van der Waals surface area contributed by atoms with Gasteiger partial charge in [0.2, 0.25) is 0 Å². The highest BCUT2D eigenvalue weighted by Gasteiger charge is 2.34. The zero-order valence-electron chi connectivity index (χ0n) is 23.5. The van der Waals surface area contributed by atoms with E-state index in [-0.39, 0.29) is 19.1 Å². The van der Waals surface area contributed by atoms with Crippen molar-refractivity contribution in [2.75, 3.05) is 13.2 Å². The molecule has 0 aliphatic rings. The van der Waals surface area contributed by atoms with Crippen LogP contribution in [-0.2, 0) is 23.8 Å². The standard InChI is InChI=1S/C33H37O6P/c1-5-37-30(34)23-15-16-24(3)31(25(4)32(35)38-6-2)39-33(36)28-21-13-14-22-29(28)40(26-17-9-7-10-18-26)27-19-11-8-12-20-27/h7-15,17-25,31H,5-6,16H2,1-4H3/b23-15+/t24-,25+,31+/m0/s1. The molecule has 0 amide bonds. The van der Waals surface area contributed by atoms with Gasteiger partial charge in [0.1, 0.15) is 6.10 Å². The van der Waals surface area contributed by atoms with Crippen molar-refractivity contribution < 1.29 is 28.6 Å². The fourth-order valence-corrected chi connectivity index (χ4v) is 6.87. The Balaban J connectivity index is 1.96. The third-order valence-electron chi connectivity index (χ3n) is 6.40. The largest absolute Gasteiger partial charge is 0.466 e. The van der Waals surface area contributed by atoms with E-state index in [2.05, 4.69) is 24.3 Å². The Morgan fingerprint density at radius 2 is 1.32 bits per heavy atom. The van der Waals surface area contributed by atoms with Gasteiger partial charge in [-0.15, -0.1) is 0 Å². The maximum atomic E-state index is 13.8. The van der Waals surface area contributed by atoms with Gasteiger partial charge in [0.15, 0.2) is 0 Å². The highest BCUT2D eigenvalue weighted by molar-refractivity contribution is 7.80. The molecule has 0 spiro atoms.